The van der Waals surface area contributed by atoms with Gasteiger partial charge in [-0.1, -0.05) is 15.9 Å². The maximum absolute atomic E-state index is 5.42. The molecule has 0 unspecified atom stereocenters. The Labute approximate surface area is 131 Å². The Bertz CT molecular complexity index is 645. The van der Waals surface area contributed by atoms with Crippen molar-refractivity contribution in [3.05, 3.63) is 27.4 Å². The second-order valence-corrected chi connectivity index (χ2v) is 6.35. The summed E-state index contributed by atoms with van der Waals surface area (Å²) in [6, 6.07) is 6.24. The van der Waals surface area contributed by atoms with Gasteiger partial charge in [0.1, 0.15) is 0 Å². The summed E-state index contributed by atoms with van der Waals surface area (Å²) in [4.78, 5) is 5.73. The van der Waals surface area contributed by atoms with Crippen molar-refractivity contribution in [3.8, 4) is 0 Å². The monoisotopic (exact) mass is 355 g/mol. The number of nitrogens with one attached hydrogen (secondary N) is 1. The lowest BCUT2D eigenvalue weighted by Gasteiger charge is -2.26. The molecule has 0 radical (unpaired) electrons. The average Bonchev–Trinajstić information content (AvgIpc) is 2.75. The second kappa shape index (κ2) is 6.39. The highest BCUT2D eigenvalue weighted by atomic mass is 79.9. The number of fused-ring (bicyclic) bond motifs is 1. The van der Waals surface area contributed by atoms with Crippen LogP contribution >= 0.6 is 28.1 Å². The van der Waals surface area contributed by atoms with Crippen molar-refractivity contribution in [2.45, 2.75) is 13.0 Å². The summed E-state index contributed by atoms with van der Waals surface area (Å²) in [6.07, 6.45) is 1.11. The van der Waals surface area contributed by atoms with Gasteiger partial charge in [-0.3, -0.25) is 4.90 Å². The molecule has 108 valence electrons. The van der Waals surface area contributed by atoms with E-state index in [0.717, 1.165) is 60.6 Å². The molecule has 1 aromatic carbocycles. The molecule has 0 bridgehead atoms. The van der Waals surface area contributed by atoms with Crippen LogP contribution in [0.3, 0.4) is 0 Å². The van der Waals surface area contributed by atoms with E-state index in [0.29, 0.717) is 0 Å². The number of benzene rings is 1. The van der Waals surface area contributed by atoms with Crippen LogP contribution < -0.4 is 0 Å². The molecule has 2 heterocycles. The third kappa shape index (κ3) is 3.14. The van der Waals surface area contributed by atoms with Gasteiger partial charge in [0, 0.05) is 30.7 Å². The van der Waals surface area contributed by atoms with Gasteiger partial charge in [-0.2, -0.15) is 0 Å². The predicted octanol–water partition coefficient (Wildman–Crippen LogP) is 3.18. The maximum atomic E-state index is 5.42. The first-order valence-corrected chi connectivity index (χ1v) is 8.12. The molecule has 1 saturated heterocycles. The molecule has 1 N–H and O–H groups in total. The van der Waals surface area contributed by atoms with Gasteiger partial charge in [0.25, 0.3) is 0 Å². The molecular weight excluding hydrogens is 338 g/mol. The zero-order valence-electron chi connectivity index (χ0n) is 11.3. The van der Waals surface area contributed by atoms with E-state index in [-0.39, 0.29) is 0 Å². The first-order valence-electron chi connectivity index (χ1n) is 6.92. The van der Waals surface area contributed by atoms with E-state index in [2.05, 4.69) is 48.6 Å². The minimum absolute atomic E-state index is 0.806. The van der Waals surface area contributed by atoms with Crippen LogP contribution in [0, 0.1) is 4.77 Å². The van der Waals surface area contributed by atoms with E-state index in [1.54, 1.807) is 0 Å². The van der Waals surface area contributed by atoms with Crippen molar-refractivity contribution < 1.29 is 4.74 Å². The van der Waals surface area contributed by atoms with Gasteiger partial charge in [-0.25, -0.2) is 0 Å². The molecule has 0 amide bonds. The van der Waals surface area contributed by atoms with E-state index in [1.807, 2.05) is 0 Å². The first kappa shape index (κ1) is 14.3. The minimum Gasteiger partial charge on any atom is -0.379 e. The Kier molecular flexibility index (Phi) is 4.55. The molecule has 6 heteroatoms. The number of aromatic amines is 1. The number of hydrogen-bond donors (Lipinski definition) is 1. The highest BCUT2D eigenvalue weighted by molar-refractivity contribution is 9.10. The lowest BCUT2D eigenvalue weighted by molar-refractivity contribution is 0.0369. The standard InChI is InChI=1S/C14H18BrN3OS/c15-11-2-3-13-12(10-11)16-14(20)18(13)5-1-4-17-6-8-19-9-7-17/h2-3,10H,1,4-9H2,(H,16,20). The average molecular weight is 356 g/mol. The van der Waals surface area contributed by atoms with Crippen molar-refractivity contribution in [2.24, 2.45) is 0 Å². The molecule has 20 heavy (non-hydrogen) atoms. The Balaban J connectivity index is 1.68. The summed E-state index contributed by atoms with van der Waals surface area (Å²) in [6.45, 7) is 5.88. The molecule has 0 aliphatic carbocycles. The first-order chi connectivity index (χ1) is 9.74. The van der Waals surface area contributed by atoms with Crippen molar-refractivity contribution in [1.82, 2.24) is 14.5 Å². The number of imidazole rings is 1. The molecule has 0 saturated carbocycles. The molecule has 1 aliphatic rings. The van der Waals surface area contributed by atoms with Gasteiger partial charge in [0.05, 0.1) is 24.2 Å². The number of aromatic nitrogens is 2. The van der Waals surface area contributed by atoms with Crippen LogP contribution in [-0.4, -0.2) is 47.3 Å². The molecule has 0 atom stereocenters. The van der Waals surface area contributed by atoms with Crippen LogP contribution in [0.2, 0.25) is 0 Å². The zero-order valence-corrected chi connectivity index (χ0v) is 13.7. The Morgan fingerprint density at radius 1 is 1.25 bits per heavy atom. The summed E-state index contributed by atoms with van der Waals surface area (Å²) in [7, 11) is 0. The van der Waals surface area contributed by atoms with E-state index in [4.69, 9.17) is 17.0 Å². The number of rotatable bonds is 4. The molecule has 0 spiro atoms. The van der Waals surface area contributed by atoms with Gasteiger partial charge < -0.3 is 14.3 Å². The van der Waals surface area contributed by atoms with Gasteiger partial charge in [-0.05, 0) is 36.8 Å². The summed E-state index contributed by atoms with van der Waals surface area (Å²) >= 11 is 8.91. The number of H-pyrrole nitrogens is 1. The fourth-order valence-electron chi connectivity index (χ4n) is 2.64. The van der Waals surface area contributed by atoms with Gasteiger partial charge in [-0.15, -0.1) is 0 Å². The van der Waals surface area contributed by atoms with Gasteiger partial charge in [0.2, 0.25) is 0 Å². The topological polar surface area (TPSA) is 33.2 Å². The summed E-state index contributed by atoms with van der Waals surface area (Å²) in [5.41, 5.74) is 2.27. The van der Waals surface area contributed by atoms with Crippen LogP contribution in [0.15, 0.2) is 22.7 Å². The highest BCUT2D eigenvalue weighted by Gasteiger charge is 2.10. The van der Waals surface area contributed by atoms with Crippen LogP contribution in [0.4, 0.5) is 0 Å². The number of aryl methyl sites for hydroxylation is 1. The van der Waals surface area contributed by atoms with Crippen molar-refractivity contribution in [2.75, 3.05) is 32.8 Å². The summed E-state index contributed by atoms with van der Waals surface area (Å²) < 4.78 is 9.44. The third-order valence-corrected chi connectivity index (χ3v) is 4.51. The molecule has 4 nitrogen and oxygen atoms in total. The fourth-order valence-corrected chi connectivity index (χ4v) is 3.30. The lowest BCUT2D eigenvalue weighted by Crippen LogP contribution is -2.37. The second-order valence-electron chi connectivity index (χ2n) is 5.05. The smallest absolute Gasteiger partial charge is 0.178 e. The molecular formula is C14H18BrN3OS. The molecule has 3 rings (SSSR count). The zero-order chi connectivity index (χ0) is 13.9. The number of hydrogen-bond acceptors (Lipinski definition) is 3. The quantitative estimate of drug-likeness (QED) is 0.855. The normalized spacial score (nSPS) is 16.9. The molecule has 1 fully saturated rings. The van der Waals surface area contributed by atoms with Gasteiger partial charge >= 0.3 is 0 Å². The number of ether oxygens (including phenoxy) is 1. The summed E-state index contributed by atoms with van der Waals surface area (Å²) in [5.74, 6) is 0. The van der Waals surface area contributed by atoms with E-state index in [1.165, 1.54) is 5.52 Å². The van der Waals surface area contributed by atoms with E-state index < -0.39 is 0 Å². The van der Waals surface area contributed by atoms with E-state index >= 15 is 0 Å². The largest absolute Gasteiger partial charge is 0.379 e. The SMILES string of the molecule is S=c1[nH]c2cc(Br)ccc2n1CCCN1CCOCC1. The number of morpholine rings is 1. The maximum Gasteiger partial charge on any atom is 0.178 e. The van der Waals surface area contributed by atoms with Crippen LogP contribution in [0.1, 0.15) is 6.42 Å². The van der Waals surface area contributed by atoms with Crippen LogP contribution in [0.25, 0.3) is 11.0 Å². The van der Waals surface area contributed by atoms with Crippen molar-refractivity contribution in [1.29, 1.82) is 0 Å². The Morgan fingerprint density at radius 3 is 2.85 bits per heavy atom. The third-order valence-electron chi connectivity index (χ3n) is 3.70. The Hall–Kier alpha value is -0.690. The number of nitrogens with zero attached hydrogens (tertiary/aromatic N) is 2. The fraction of sp³-hybridized carbons (Fsp3) is 0.500. The molecule has 1 aliphatic heterocycles. The van der Waals surface area contributed by atoms with Crippen LogP contribution in [0.5, 0.6) is 0 Å². The predicted molar refractivity (Wildman–Crippen MR) is 86.7 cm³/mol. The number of halogens is 1. The molecule has 2 aromatic rings. The van der Waals surface area contributed by atoms with Crippen LogP contribution in [-0.2, 0) is 11.3 Å². The summed E-state index contributed by atoms with van der Waals surface area (Å²) in [5, 5.41) is 0. The molecule has 1 aromatic heterocycles. The highest BCUT2D eigenvalue weighted by Crippen LogP contribution is 2.19. The lowest BCUT2D eigenvalue weighted by atomic mass is 10.3. The minimum atomic E-state index is 0.806. The van der Waals surface area contributed by atoms with Gasteiger partial charge in [0.15, 0.2) is 4.77 Å². The van der Waals surface area contributed by atoms with E-state index in [9.17, 15) is 0 Å². The van der Waals surface area contributed by atoms with Crippen molar-refractivity contribution in [3.63, 3.8) is 0 Å². The van der Waals surface area contributed by atoms with Crippen molar-refractivity contribution >= 4 is 39.2 Å². The Morgan fingerprint density at radius 2 is 2.05 bits per heavy atom.